The van der Waals surface area contributed by atoms with E-state index in [1.807, 2.05) is 30.5 Å². The fourth-order valence-electron chi connectivity index (χ4n) is 1.99. The summed E-state index contributed by atoms with van der Waals surface area (Å²) in [4.78, 5) is 28.6. The molecule has 0 saturated heterocycles. The van der Waals surface area contributed by atoms with Crippen LogP contribution in [0.1, 0.15) is 6.42 Å². The molecule has 2 unspecified atom stereocenters. The standard InChI is InChI=1S/C16H19N5O2S4/c1-26-12-4-2-11(3-5-12)18-15(25)21-20-13(23)8-10(9-22)14(24)19-16-17-6-7-27-16/h2-7,9-10,14,24H,8H2,1H3,(H,17,19)(H,20,23)(H2,18,21,25). The number of thioether (sulfide) groups is 1. The number of hydrogen-bond acceptors (Lipinski definition) is 8. The predicted molar refractivity (Wildman–Crippen MR) is 118 cm³/mol. The number of nitrogens with one attached hydrogen (secondary N) is 4. The Kier molecular flexibility index (Phi) is 8.85. The van der Waals surface area contributed by atoms with Gasteiger partial charge in [-0.3, -0.25) is 15.6 Å². The van der Waals surface area contributed by atoms with Gasteiger partial charge in [0.1, 0.15) is 6.29 Å². The van der Waals surface area contributed by atoms with Crippen molar-refractivity contribution in [2.45, 2.75) is 16.7 Å². The van der Waals surface area contributed by atoms with Crippen molar-refractivity contribution in [2.75, 3.05) is 16.9 Å². The number of carbonyl (C=O) groups is 2. The lowest BCUT2D eigenvalue weighted by molar-refractivity contribution is -0.124. The van der Waals surface area contributed by atoms with Gasteiger partial charge in [-0.2, -0.15) is 12.6 Å². The summed E-state index contributed by atoms with van der Waals surface area (Å²) in [5, 5.41) is 8.10. The number of rotatable bonds is 8. The van der Waals surface area contributed by atoms with Crippen molar-refractivity contribution in [1.29, 1.82) is 0 Å². The molecule has 0 spiro atoms. The molecule has 1 amide bonds. The molecule has 1 aromatic carbocycles. The largest absolute Gasteiger partial charge is 0.349 e. The molecule has 1 heterocycles. The number of thiazole rings is 1. The van der Waals surface area contributed by atoms with Crippen LogP contribution < -0.4 is 21.5 Å². The SMILES string of the molecule is CSc1ccc(NC(=S)NNC(=O)CC(C=O)C(S)Nc2nccs2)cc1. The quantitative estimate of drug-likeness (QED) is 0.107. The van der Waals surface area contributed by atoms with Crippen molar-refractivity contribution >= 4 is 76.1 Å². The van der Waals surface area contributed by atoms with E-state index in [1.54, 1.807) is 23.3 Å². The average molecular weight is 442 g/mol. The number of hydrogen-bond donors (Lipinski definition) is 5. The van der Waals surface area contributed by atoms with Crippen LogP contribution in [0.5, 0.6) is 0 Å². The van der Waals surface area contributed by atoms with Gasteiger partial charge in [-0.05, 0) is 42.7 Å². The zero-order valence-corrected chi connectivity index (χ0v) is 17.7. The molecule has 4 N–H and O–H groups in total. The molecule has 0 bridgehead atoms. The minimum atomic E-state index is -0.625. The van der Waals surface area contributed by atoms with E-state index in [4.69, 9.17) is 12.2 Å². The molecule has 144 valence electrons. The summed E-state index contributed by atoms with van der Waals surface area (Å²) in [6.45, 7) is 0. The van der Waals surface area contributed by atoms with Crippen LogP contribution in [0.2, 0.25) is 0 Å². The van der Waals surface area contributed by atoms with E-state index in [0.29, 0.717) is 11.4 Å². The molecule has 2 aromatic rings. The number of aromatic nitrogens is 1. The fraction of sp³-hybridized carbons (Fsp3) is 0.250. The molecule has 2 rings (SSSR count). The molecule has 0 saturated carbocycles. The Hall–Kier alpha value is -1.82. The van der Waals surface area contributed by atoms with Gasteiger partial charge in [0.05, 0.1) is 11.3 Å². The highest BCUT2D eigenvalue weighted by molar-refractivity contribution is 7.98. The Morgan fingerprint density at radius 2 is 2.11 bits per heavy atom. The van der Waals surface area contributed by atoms with Gasteiger partial charge in [-0.15, -0.1) is 23.1 Å². The predicted octanol–water partition coefficient (Wildman–Crippen LogP) is 2.76. The molecule has 0 aliphatic rings. The topological polar surface area (TPSA) is 95.1 Å². The lowest BCUT2D eigenvalue weighted by Gasteiger charge is -2.19. The number of nitrogens with zero attached hydrogens (tertiary/aromatic N) is 1. The van der Waals surface area contributed by atoms with Crippen LogP contribution in [0, 0.1) is 5.92 Å². The molecule has 2 atom stereocenters. The van der Waals surface area contributed by atoms with E-state index >= 15 is 0 Å². The third-order valence-corrected chi connectivity index (χ3v) is 5.53. The molecule has 1 aromatic heterocycles. The fourth-order valence-corrected chi connectivity index (χ4v) is 3.52. The van der Waals surface area contributed by atoms with Crippen molar-refractivity contribution in [3.05, 3.63) is 35.8 Å². The number of amides is 1. The Labute approximate surface area is 176 Å². The summed E-state index contributed by atoms with van der Waals surface area (Å²) in [5.41, 5.74) is 5.89. The van der Waals surface area contributed by atoms with Crippen LogP contribution in [0.3, 0.4) is 0 Å². The molecular formula is C16H19N5O2S4. The first kappa shape index (κ1) is 21.5. The van der Waals surface area contributed by atoms with Crippen LogP contribution in [0.25, 0.3) is 0 Å². The van der Waals surface area contributed by atoms with Crippen LogP contribution in [0.15, 0.2) is 40.7 Å². The van der Waals surface area contributed by atoms with E-state index in [-0.39, 0.29) is 17.4 Å². The van der Waals surface area contributed by atoms with E-state index in [1.165, 1.54) is 11.3 Å². The van der Waals surface area contributed by atoms with Gasteiger partial charge in [0, 0.05) is 28.6 Å². The number of anilines is 2. The third-order valence-electron chi connectivity index (χ3n) is 3.37. The second-order valence-corrected chi connectivity index (χ2v) is 8.03. The van der Waals surface area contributed by atoms with Gasteiger partial charge in [-0.1, -0.05) is 0 Å². The van der Waals surface area contributed by atoms with Crippen LogP contribution in [-0.4, -0.2) is 33.9 Å². The molecule has 11 heteroatoms. The summed E-state index contributed by atoms with van der Waals surface area (Å²) < 4.78 is 0. The van der Waals surface area contributed by atoms with Crippen molar-refractivity contribution in [3.63, 3.8) is 0 Å². The number of hydrazine groups is 1. The number of aldehydes is 1. The normalized spacial score (nSPS) is 12.5. The number of carbonyl (C=O) groups excluding carboxylic acids is 2. The Bertz CT molecular complexity index is 755. The lowest BCUT2D eigenvalue weighted by atomic mass is 10.1. The first-order valence-corrected chi connectivity index (χ1v) is 10.8. The summed E-state index contributed by atoms with van der Waals surface area (Å²) >= 11 is 12.5. The smallest absolute Gasteiger partial charge is 0.239 e. The molecule has 0 aliphatic carbocycles. The van der Waals surface area contributed by atoms with E-state index in [9.17, 15) is 9.59 Å². The van der Waals surface area contributed by atoms with Crippen LogP contribution >= 0.6 is 47.9 Å². The average Bonchev–Trinajstić information content (AvgIpc) is 3.18. The maximum Gasteiger partial charge on any atom is 0.239 e. The van der Waals surface area contributed by atoms with Crippen molar-refractivity contribution < 1.29 is 9.59 Å². The molecule has 0 fully saturated rings. The van der Waals surface area contributed by atoms with Crippen LogP contribution in [0.4, 0.5) is 10.8 Å². The monoisotopic (exact) mass is 441 g/mol. The van der Waals surface area contributed by atoms with Gasteiger partial charge < -0.3 is 15.4 Å². The first-order chi connectivity index (χ1) is 13.0. The molecular weight excluding hydrogens is 422 g/mol. The highest BCUT2D eigenvalue weighted by Crippen LogP contribution is 2.19. The minimum absolute atomic E-state index is 0.0475. The Morgan fingerprint density at radius 1 is 1.37 bits per heavy atom. The van der Waals surface area contributed by atoms with Crippen LogP contribution in [-0.2, 0) is 9.59 Å². The summed E-state index contributed by atoms with van der Waals surface area (Å²) in [6.07, 6.45) is 4.29. The maximum atomic E-state index is 12.1. The number of thiol groups is 1. The van der Waals surface area contributed by atoms with E-state index in [0.717, 1.165) is 10.6 Å². The van der Waals surface area contributed by atoms with Gasteiger partial charge in [0.2, 0.25) is 5.91 Å². The summed E-state index contributed by atoms with van der Waals surface area (Å²) in [7, 11) is 0. The second kappa shape index (κ2) is 11.1. The lowest BCUT2D eigenvalue weighted by Crippen LogP contribution is -2.45. The Morgan fingerprint density at radius 3 is 2.70 bits per heavy atom. The third kappa shape index (κ3) is 7.37. The highest BCUT2D eigenvalue weighted by Gasteiger charge is 2.21. The maximum absolute atomic E-state index is 12.1. The Balaban J connectivity index is 1.76. The molecule has 27 heavy (non-hydrogen) atoms. The van der Waals surface area contributed by atoms with Gasteiger partial charge in [0.25, 0.3) is 0 Å². The molecule has 0 aliphatic heterocycles. The van der Waals surface area contributed by atoms with Gasteiger partial charge >= 0.3 is 0 Å². The minimum Gasteiger partial charge on any atom is -0.349 e. The summed E-state index contributed by atoms with van der Waals surface area (Å²) in [6, 6.07) is 7.70. The zero-order valence-electron chi connectivity index (χ0n) is 14.3. The van der Waals surface area contributed by atoms with Crippen molar-refractivity contribution in [3.8, 4) is 0 Å². The number of benzene rings is 1. The molecule has 7 nitrogen and oxygen atoms in total. The summed E-state index contributed by atoms with van der Waals surface area (Å²) in [5.74, 6) is -1.01. The highest BCUT2D eigenvalue weighted by atomic mass is 32.2. The van der Waals surface area contributed by atoms with Gasteiger partial charge in [0.15, 0.2) is 10.2 Å². The zero-order chi connectivity index (χ0) is 19.6. The van der Waals surface area contributed by atoms with E-state index < -0.39 is 11.3 Å². The number of thiocarbonyl (C=S) groups is 1. The van der Waals surface area contributed by atoms with E-state index in [2.05, 4.69) is 39.1 Å². The van der Waals surface area contributed by atoms with Crippen molar-refractivity contribution in [2.24, 2.45) is 5.92 Å². The second-order valence-electron chi connectivity index (χ2n) is 5.29. The first-order valence-electron chi connectivity index (χ1n) is 7.81. The molecule has 0 radical (unpaired) electrons. The van der Waals surface area contributed by atoms with Gasteiger partial charge in [-0.25, -0.2) is 4.98 Å². The van der Waals surface area contributed by atoms with Crippen molar-refractivity contribution in [1.82, 2.24) is 15.8 Å².